The number of thiocarbonyl (C=S) groups is 1. The molecular formula is C24H28BrN5S. The van der Waals surface area contributed by atoms with Gasteiger partial charge < -0.3 is 19.7 Å². The highest BCUT2D eigenvalue weighted by Gasteiger charge is 2.41. The average Bonchev–Trinajstić information content (AvgIpc) is 3.22. The Hall–Kier alpha value is -2.22. The highest BCUT2D eigenvalue weighted by atomic mass is 79.9. The first-order valence-electron chi connectivity index (χ1n) is 10.4. The molecule has 5 nitrogen and oxygen atoms in total. The second-order valence-corrected chi connectivity index (χ2v) is 9.57. The maximum Gasteiger partial charge on any atom is 0.170 e. The molecule has 3 aromatic rings. The van der Waals surface area contributed by atoms with Crippen LogP contribution < -0.4 is 5.32 Å². The number of hydrogen-bond acceptors (Lipinski definition) is 3. The molecule has 1 saturated heterocycles. The first kappa shape index (κ1) is 22.0. The Morgan fingerprint density at radius 2 is 1.94 bits per heavy atom. The van der Waals surface area contributed by atoms with Gasteiger partial charge in [0.05, 0.1) is 17.8 Å². The summed E-state index contributed by atoms with van der Waals surface area (Å²) in [5.74, 6) is 0. The Bertz CT molecular complexity index is 1080. The molecule has 1 aromatic carbocycles. The second-order valence-electron chi connectivity index (χ2n) is 8.27. The lowest BCUT2D eigenvalue weighted by molar-refractivity contribution is 0.277. The fraction of sp³-hybridized carbons (Fsp3) is 0.333. The molecule has 0 unspecified atom stereocenters. The Morgan fingerprint density at radius 3 is 2.61 bits per heavy atom. The molecule has 0 radical (unpaired) electrons. The number of rotatable bonds is 6. The average molecular weight is 498 g/mol. The van der Waals surface area contributed by atoms with Gasteiger partial charge in [0.15, 0.2) is 5.11 Å². The first-order chi connectivity index (χ1) is 14.9. The molecule has 3 heterocycles. The molecule has 162 valence electrons. The van der Waals surface area contributed by atoms with Gasteiger partial charge in [-0.3, -0.25) is 4.98 Å². The van der Waals surface area contributed by atoms with Gasteiger partial charge in [-0.25, -0.2) is 0 Å². The SMILES string of the molecule is Cc1cc([C@@H]2[C@H](c3ccccn3)NC(=S)N2CCN(C)C)c(C)n1-c1cccc(Br)c1. The molecule has 0 spiro atoms. The van der Waals surface area contributed by atoms with Crippen molar-refractivity contribution in [1.29, 1.82) is 0 Å². The summed E-state index contributed by atoms with van der Waals surface area (Å²) in [6.07, 6.45) is 1.85. The van der Waals surface area contributed by atoms with Crippen molar-refractivity contribution in [2.24, 2.45) is 0 Å². The summed E-state index contributed by atoms with van der Waals surface area (Å²) in [6.45, 7) is 6.15. The van der Waals surface area contributed by atoms with Gasteiger partial charge in [0.2, 0.25) is 0 Å². The van der Waals surface area contributed by atoms with Crippen LogP contribution in [0, 0.1) is 13.8 Å². The quantitative estimate of drug-likeness (QED) is 0.495. The van der Waals surface area contributed by atoms with Gasteiger partial charge in [-0.15, -0.1) is 0 Å². The molecule has 4 rings (SSSR count). The summed E-state index contributed by atoms with van der Waals surface area (Å²) in [5, 5.41) is 4.34. The van der Waals surface area contributed by atoms with E-state index in [2.05, 4.69) is 105 Å². The minimum atomic E-state index is 0.00678. The number of nitrogens with one attached hydrogen (secondary N) is 1. The van der Waals surface area contributed by atoms with E-state index in [9.17, 15) is 0 Å². The third-order valence-corrected chi connectivity index (χ3v) is 6.69. The predicted molar refractivity (Wildman–Crippen MR) is 134 cm³/mol. The van der Waals surface area contributed by atoms with E-state index in [1.807, 2.05) is 18.3 Å². The van der Waals surface area contributed by atoms with Crippen molar-refractivity contribution >= 4 is 33.3 Å². The van der Waals surface area contributed by atoms with E-state index in [1.165, 1.54) is 17.0 Å². The van der Waals surface area contributed by atoms with Crippen LogP contribution in [0.25, 0.3) is 5.69 Å². The molecule has 7 heteroatoms. The molecule has 1 aliphatic heterocycles. The molecule has 0 bridgehead atoms. The first-order valence-corrected chi connectivity index (χ1v) is 11.6. The lowest BCUT2D eigenvalue weighted by Gasteiger charge is -2.29. The van der Waals surface area contributed by atoms with Gasteiger partial charge in [-0.2, -0.15) is 0 Å². The molecule has 1 fully saturated rings. The van der Waals surface area contributed by atoms with E-state index < -0.39 is 0 Å². The van der Waals surface area contributed by atoms with E-state index in [4.69, 9.17) is 12.2 Å². The Labute approximate surface area is 198 Å². The smallest absolute Gasteiger partial charge is 0.170 e. The summed E-state index contributed by atoms with van der Waals surface area (Å²) in [5.41, 5.74) is 5.87. The van der Waals surface area contributed by atoms with E-state index in [0.29, 0.717) is 0 Å². The minimum Gasteiger partial charge on any atom is -0.352 e. The van der Waals surface area contributed by atoms with Crippen LogP contribution in [0.5, 0.6) is 0 Å². The number of halogens is 1. The third-order valence-electron chi connectivity index (χ3n) is 5.84. The molecule has 0 aliphatic carbocycles. The number of nitrogens with zero attached hydrogens (tertiary/aromatic N) is 4. The van der Waals surface area contributed by atoms with Crippen LogP contribution in [0.2, 0.25) is 0 Å². The van der Waals surface area contributed by atoms with Crippen molar-refractivity contribution in [1.82, 2.24) is 24.7 Å². The summed E-state index contributed by atoms with van der Waals surface area (Å²) >= 11 is 9.41. The highest BCUT2D eigenvalue weighted by Crippen LogP contribution is 2.41. The lowest BCUT2D eigenvalue weighted by atomic mass is 9.97. The topological polar surface area (TPSA) is 36.3 Å². The monoisotopic (exact) mass is 497 g/mol. The van der Waals surface area contributed by atoms with Gasteiger partial charge in [0.1, 0.15) is 0 Å². The molecule has 1 aliphatic rings. The maximum atomic E-state index is 5.80. The fourth-order valence-corrected chi connectivity index (χ4v) is 5.11. The molecule has 2 atom stereocenters. The summed E-state index contributed by atoms with van der Waals surface area (Å²) < 4.78 is 3.39. The molecule has 2 aromatic heterocycles. The van der Waals surface area contributed by atoms with Crippen LogP contribution in [-0.4, -0.2) is 51.6 Å². The van der Waals surface area contributed by atoms with Crippen molar-refractivity contribution < 1.29 is 0 Å². The number of aromatic nitrogens is 2. The largest absolute Gasteiger partial charge is 0.352 e. The Kier molecular flexibility index (Phi) is 6.46. The van der Waals surface area contributed by atoms with Crippen LogP contribution in [0.4, 0.5) is 0 Å². The van der Waals surface area contributed by atoms with E-state index in [0.717, 1.165) is 34.1 Å². The van der Waals surface area contributed by atoms with E-state index in [-0.39, 0.29) is 12.1 Å². The molecule has 0 amide bonds. The van der Waals surface area contributed by atoms with Crippen molar-refractivity contribution in [3.63, 3.8) is 0 Å². The molecule has 31 heavy (non-hydrogen) atoms. The summed E-state index contributed by atoms with van der Waals surface area (Å²) in [7, 11) is 4.19. The number of hydrogen-bond donors (Lipinski definition) is 1. The lowest BCUT2D eigenvalue weighted by Crippen LogP contribution is -2.35. The molecule has 1 N–H and O–H groups in total. The van der Waals surface area contributed by atoms with Crippen LogP contribution in [0.3, 0.4) is 0 Å². The van der Waals surface area contributed by atoms with Crippen molar-refractivity contribution in [2.75, 3.05) is 27.2 Å². The summed E-state index contributed by atoms with van der Waals surface area (Å²) in [6, 6.07) is 16.9. The zero-order valence-corrected chi connectivity index (χ0v) is 20.7. The van der Waals surface area contributed by atoms with Gasteiger partial charge >= 0.3 is 0 Å². The zero-order valence-electron chi connectivity index (χ0n) is 18.3. The Morgan fingerprint density at radius 1 is 1.13 bits per heavy atom. The number of aryl methyl sites for hydroxylation is 1. The van der Waals surface area contributed by atoms with Crippen LogP contribution in [0.1, 0.15) is 34.7 Å². The predicted octanol–water partition coefficient (Wildman–Crippen LogP) is 4.79. The highest BCUT2D eigenvalue weighted by molar-refractivity contribution is 9.10. The van der Waals surface area contributed by atoms with E-state index in [1.54, 1.807) is 0 Å². The zero-order chi connectivity index (χ0) is 22.1. The molecule has 0 saturated carbocycles. The molecular weight excluding hydrogens is 470 g/mol. The minimum absolute atomic E-state index is 0.00678. The second kappa shape index (κ2) is 9.10. The number of pyridine rings is 1. The standard InChI is InChI=1S/C24H28BrN5S/c1-16-14-20(17(2)30(16)19-9-7-8-18(25)15-19)23-22(21-10-5-6-11-26-21)27-24(31)29(23)13-12-28(3)4/h5-11,14-15,22-23H,12-13H2,1-4H3,(H,27,31)/t22-,23+/m0/s1. The maximum absolute atomic E-state index is 5.80. The fourth-order valence-electron chi connectivity index (χ4n) is 4.39. The summed E-state index contributed by atoms with van der Waals surface area (Å²) in [4.78, 5) is 9.17. The van der Waals surface area contributed by atoms with Crippen LogP contribution in [0.15, 0.2) is 59.2 Å². The van der Waals surface area contributed by atoms with E-state index >= 15 is 0 Å². The van der Waals surface area contributed by atoms with Crippen molar-refractivity contribution in [3.8, 4) is 5.69 Å². The number of benzene rings is 1. The van der Waals surface area contributed by atoms with Crippen molar-refractivity contribution in [3.05, 3.63) is 81.8 Å². The van der Waals surface area contributed by atoms with Gasteiger partial charge in [-0.1, -0.05) is 28.1 Å². The van der Waals surface area contributed by atoms with Gasteiger partial charge in [-0.05, 0) is 82.1 Å². The van der Waals surface area contributed by atoms with Crippen LogP contribution in [-0.2, 0) is 0 Å². The Balaban J connectivity index is 1.81. The van der Waals surface area contributed by atoms with Crippen LogP contribution >= 0.6 is 28.1 Å². The normalized spacial score (nSPS) is 18.6. The third kappa shape index (κ3) is 4.40. The number of likely N-dealkylation sites (N-methyl/N-ethyl adjacent to an activating group) is 1. The van der Waals surface area contributed by atoms with Crippen molar-refractivity contribution in [2.45, 2.75) is 25.9 Å². The van der Waals surface area contributed by atoms with Gasteiger partial charge in [0, 0.05) is 40.8 Å². The van der Waals surface area contributed by atoms with Gasteiger partial charge in [0.25, 0.3) is 0 Å².